The number of carbonyl (C=O) groups excluding carboxylic acids is 3. The standard InChI is InChI=1S/C50H98N2O7/c1-7-13-17-20-24-29-34-46(33-28-18-14-8-2)45-58-49(54)38-32-26-23-21-22-25-31-36-47(35-30-19-15-9-3)59-50(55)57-44-42-52(40-39-51(11-5)12-6)41-43-56-48(53)37-27-16-10-4/h46-47H,7-45H2,1-6H3. The van der Waals surface area contributed by atoms with Gasteiger partial charge in [0.1, 0.15) is 19.3 Å². The van der Waals surface area contributed by atoms with Gasteiger partial charge in [-0.25, -0.2) is 4.79 Å². The molecular weight excluding hydrogens is 741 g/mol. The van der Waals surface area contributed by atoms with Gasteiger partial charge in [0.2, 0.25) is 0 Å². The van der Waals surface area contributed by atoms with E-state index in [1.807, 2.05) is 0 Å². The number of hydrogen-bond donors (Lipinski definition) is 0. The van der Waals surface area contributed by atoms with Gasteiger partial charge in [0.05, 0.1) is 6.61 Å². The van der Waals surface area contributed by atoms with Crippen molar-refractivity contribution in [2.45, 2.75) is 240 Å². The van der Waals surface area contributed by atoms with Crippen molar-refractivity contribution in [2.24, 2.45) is 5.92 Å². The Morgan fingerprint density at radius 2 is 0.797 bits per heavy atom. The van der Waals surface area contributed by atoms with Crippen LogP contribution >= 0.6 is 0 Å². The maximum absolute atomic E-state index is 12.8. The first-order valence-corrected chi connectivity index (χ1v) is 25.4. The molecule has 0 aromatic rings. The normalized spacial score (nSPS) is 12.5. The molecule has 2 atom stereocenters. The van der Waals surface area contributed by atoms with E-state index in [-0.39, 0.29) is 24.6 Å². The van der Waals surface area contributed by atoms with E-state index in [1.54, 1.807) is 0 Å². The molecule has 0 radical (unpaired) electrons. The van der Waals surface area contributed by atoms with Crippen molar-refractivity contribution >= 4 is 18.1 Å². The number of unbranched alkanes of at least 4 members (excludes halogenated alkanes) is 19. The molecule has 0 aliphatic rings. The molecule has 0 aromatic heterocycles. The summed E-state index contributed by atoms with van der Waals surface area (Å²) in [4.78, 5) is 42.1. The van der Waals surface area contributed by atoms with Crippen molar-refractivity contribution in [3.05, 3.63) is 0 Å². The molecule has 0 spiro atoms. The summed E-state index contributed by atoms with van der Waals surface area (Å²) in [6.07, 6.45) is 32.6. The molecule has 0 aromatic carbocycles. The highest BCUT2D eigenvalue weighted by molar-refractivity contribution is 5.69. The number of esters is 2. The first kappa shape index (κ1) is 57.1. The zero-order valence-corrected chi connectivity index (χ0v) is 40.0. The average Bonchev–Trinajstić information content (AvgIpc) is 3.23. The molecule has 0 rings (SSSR count). The number of rotatable bonds is 45. The predicted molar refractivity (Wildman–Crippen MR) is 247 cm³/mol. The molecule has 0 saturated carbocycles. The molecule has 9 heteroatoms. The Morgan fingerprint density at radius 1 is 0.407 bits per heavy atom. The SMILES string of the molecule is CCCCCCCCC(CCCCCC)COC(=O)CCCCCCCCCC(CCCCCC)OC(=O)OCCN(CCOC(=O)CCCCC)CCN(CC)CC. The zero-order valence-electron chi connectivity index (χ0n) is 40.0. The summed E-state index contributed by atoms with van der Waals surface area (Å²) < 4.78 is 22.8. The number of nitrogens with zero attached hydrogens (tertiary/aromatic N) is 2. The van der Waals surface area contributed by atoms with E-state index in [1.165, 1.54) is 96.3 Å². The van der Waals surface area contributed by atoms with Crippen LogP contribution in [0, 0.1) is 5.92 Å². The van der Waals surface area contributed by atoms with Gasteiger partial charge >= 0.3 is 18.1 Å². The highest BCUT2D eigenvalue weighted by Crippen LogP contribution is 2.21. The van der Waals surface area contributed by atoms with E-state index in [2.05, 4.69) is 51.3 Å². The summed E-state index contributed by atoms with van der Waals surface area (Å²) in [5, 5.41) is 0. The molecule has 0 aliphatic heterocycles. The Kier molecular flexibility index (Phi) is 42.8. The van der Waals surface area contributed by atoms with Gasteiger partial charge in [0.15, 0.2) is 0 Å². The van der Waals surface area contributed by atoms with Crippen molar-refractivity contribution < 1.29 is 33.3 Å². The molecule has 0 fully saturated rings. The van der Waals surface area contributed by atoms with Crippen LogP contribution in [0.3, 0.4) is 0 Å². The molecule has 0 amide bonds. The lowest BCUT2D eigenvalue weighted by molar-refractivity contribution is -0.145. The van der Waals surface area contributed by atoms with Gasteiger partial charge in [-0.05, 0) is 70.4 Å². The monoisotopic (exact) mass is 839 g/mol. The molecule has 350 valence electrons. The first-order valence-electron chi connectivity index (χ1n) is 25.4. The smallest absolute Gasteiger partial charge is 0.465 e. The number of carbonyl (C=O) groups is 3. The van der Waals surface area contributed by atoms with Crippen LogP contribution in [0.25, 0.3) is 0 Å². The van der Waals surface area contributed by atoms with Crippen molar-refractivity contribution in [3.8, 4) is 0 Å². The lowest BCUT2D eigenvalue weighted by atomic mass is 9.95. The van der Waals surface area contributed by atoms with E-state index in [9.17, 15) is 14.4 Å². The van der Waals surface area contributed by atoms with E-state index in [0.29, 0.717) is 45.1 Å². The molecular formula is C50H98N2O7. The van der Waals surface area contributed by atoms with Crippen molar-refractivity contribution in [1.29, 1.82) is 0 Å². The van der Waals surface area contributed by atoms with E-state index < -0.39 is 6.16 Å². The van der Waals surface area contributed by atoms with Gasteiger partial charge in [0.25, 0.3) is 0 Å². The summed E-state index contributed by atoms with van der Waals surface area (Å²) in [5.74, 6) is 0.373. The third kappa shape index (κ3) is 38.8. The van der Waals surface area contributed by atoms with E-state index >= 15 is 0 Å². The second-order valence-corrected chi connectivity index (χ2v) is 17.2. The maximum atomic E-state index is 12.8. The highest BCUT2D eigenvalue weighted by Gasteiger charge is 2.17. The molecule has 2 unspecified atom stereocenters. The van der Waals surface area contributed by atoms with Crippen molar-refractivity contribution in [3.63, 3.8) is 0 Å². The van der Waals surface area contributed by atoms with Crippen LogP contribution in [0.2, 0.25) is 0 Å². The van der Waals surface area contributed by atoms with Crippen LogP contribution in [0.1, 0.15) is 234 Å². The van der Waals surface area contributed by atoms with Crippen LogP contribution in [-0.2, 0) is 28.5 Å². The Labute approximate surface area is 365 Å². The second-order valence-electron chi connectivity index (χ2n) is 17.2. The fourth-order valence-corrected chi connectivity index (χ4v) is 7.72. The molecule has 9 nitrogen and oxygen atoms in total. The van der Waals surface area contributed by atoms with Crippen molar-refractivity contribution in [2.75, 3.05) is 59.1 Å². The van der Waals surface area contributed by atoms with Crippen LogP contribution in [-0.4, -0.2) is 93.1 Å². The minimum atomic E-state index is -0.574. The van der Waals surface area contributed by atoms with Gasteiger partial charge in [-0.3, -0.25) is 14.5 Å². The number of hydrogen-bond acceptors (Lipinski definition) is 9. The van der Waals surface area contributed by atoms with E-state index in [0.717, 1.165) is 110 Å². The summed E-state index contributed by atoms with van der Waals surface area (Å²) in [6.45, 7) is 19.3. The fourth-order valence-electron chi connectivity index (χ4n) is 7.72. The third-order valence-corrected chi connectivity index (χ3v) is 11.9. The van der Waals surface area contributed by atoms with Gasteiger partial charge in [0, 0.05) is 39.0 Å². The van der Waals surface area contributed by atoms with Gasteiger partial charge in [-0.2, -0.15) is 0 Å². The lowest BCUT2D eigenvalue weighted by Crippen LogP contribution is -2.39. The topological polar surface area (TPSA) is 94.6 Å². The molecule has 0 bridgehead atoms. The van der Waals surface area contributed by atoms with Gasteiger partial charge < -0.3 is 23.8 Å². The molecule has 0 N–H and O–H groups in total. The summed E-state index contributed by atoms with van der Waals surface area (Å²) in [6, 6.07) is 0. The molecule has 59 heavy (non-hydrogen) atoms. The maximum Gasteiger partial charge on any atom is 0.508 e. The Balaban J connectivity index is 4.53. The van der Waals surface area contributed by atoms with Crippen LogP contribution in [0.15, 0.2) is 0 Å². The quantitative estimate of drug-likeness (QED) is 0.0337. The van der Waals surface area contributed by atoms with Crippen LogP contribution in [0.4, 0.5) is 4.79 Å². The highest BCUT2D eigenvalue weighted by atomic mass is 16.7. The lowest BCUT2D eigenvalue weighted by Gasteiger charge is -2.26. The van der Waals surface area contributed by atoms with Crippen molar-refractivity contribution in [1.82, 2.24) is 9.80 Å². The molecule has 0 saturated heterocycles. The van der Waals surface area contributed by atoms with Crippen LogP contribution in [0.5, 0.6) is 0 Å². The summed E-state index contributed by atoms with van der Waals surface area (Å²) >= 11 is 0. The summed E-state index contributed by atoms with van der Waals surface area (Å²) in [5.41, 5.74) is 0. The molecule has 0 aliphatic carbocycles. The third-order valence-electron chi connectivity index (χ3n) is 11.9. The van der Waals surface area contributed by atoms with Crippen LogP contribution < -0.4 is 0 Å². The minimum Gasteiger partial charge on any atom is -0.465 e. The predicted octanol–water partition coefficient (Wildman–Crippen LogP) is 13.6. The van der Waals surface area contributed by atoms with Gasteiger partial charge in [-0.1, -0.05) is 170 Å². The Morgan fingerprint density at radius 3 is 1.32 bits per heavy atom. The summed E-state index contributed by atoms with van der Waals surface area (Å²) in [7, 11) is 0. The average molecular weight is 839 g/mol. The molecule has 0 heterocycles. The number of ether oxygens (including phenoxy) is 4. The zero-order chi connectivity index (χ0) is 43.4. The van der Waals surface area contributed by atoms with Gasteiger partial charge in [-0.15, -0.1) is 0 Å². The first-order chi connectivity index (χ1) is 28.8. The Bertz CT molecular complexity index is 931. The largest absolute Gasteiger partial charge is 0.508 e. The fraction of sp³-hybridized carbons (Fsp3) is 0.940. The second kappa shape index (κ2) is 44.2. The minimum absolute atomic E-state index is 0.0154. The number of likely N-dealkylation sites (N-methyl/N-ethyl adjacent to an activating group) is 1. The van der Waals surface area contributed by atoms with E-state index in [4.69, 9.17) is 18.9 Å². The Hall–Kier alpha value is -1.87.